The van der Waals surface area contributed by atoms with Crippen molar-refractivity contribution in [3.05, 3.63) is 56.9 Å². The van der Waals surface area contributed by atoms with Crippen molar-refractivity contribution >= 4 is 29.2 Å². The molecule has 3 aromatic rings. The predicted octanol–water partition coefficient (Wildman–Crippen LogP) is 2.75. The quantitative estimate of drug-likeness (QED) is 0.625. The molecule has 1 N–H and O–H groups in total. The Balaban J connectivity index is 1.88. The molecule has 10 nitrogen and oxygen atoms in total. The summed E-state index contributed by atoms with van der Waals surface area (Å²) >= 11 is 6.11. The second-order valence-electron chi connectivity index (χ2n) is 7.63. The summed E-state index contributed by atoms with van der Waals surface area (Å²) in [6.45, 7) is 3.94. The van der Waals surface area contributed by atoms with Gasteiger partial charge in [-0.3, -0.25) is 14.5 Å². The molecule has 0 saturated heterocycles. The maximum absolute atomic E-state index is 13.2. The maximum atomic E-state index is 13.2. The molecule has 0 aliphatic carbocycles. The van der Waals surface area contributed by atoms with E-state index in [1.807, 2.05) is 18.4 Å². The predicted molar refractivity (Wildman–Crippen MR) is 117 cm³/mol. The zero-order chi connectivity index (χ0) is 23.3. The number of rotatable bonds is 5. The zero-order valence-electron chi connectivity index (χ0n) is 17.8. The summed E-state index contributed by atoms with van der Waals surface area (Å²) in [4.78, 5) is 47.3. The normalized spacial score (nSPS) is 13.1. The Bertz CT molecular complexity index is 1330. The maximum Gasteiger partial charge on any atom is 0.337 e. The number of pyridine rings is 2. The summed E-state index contributed by atoms with van der Waals surface area (Å²) in [5.74, 6) is -1.03. The van der Waals surface area contributed by atoms with Crippen molar-refractivity contribution in [3.63, 3.8) is 0 Å². The molecule has 1 aliphatic rings. The first-order valence-corrected chi connectivity index (χ1v) is 10.1. The van der Waals surface area contributed by atoms with Crippen LogP contribution in [0, 0.1) is 0 Å². The van der Waals surface area contributed by atoms with Crippen LogP contribution in [0.5, 0.6) is 5.88 Å². The van der Waals surface area contributed by atoms with Crippen LogP contribution >= 0.6 is 11.6 Å². The van der Waals surface area contributed by atoms with Crippen LogP contribution in [0.25, 0.3) is 11.4 Å². The van der Waals surface area contributed by atoms with E-state index >= 15 is 0 Å². The Morgan fingerprint density at radius 1 is 1.28 bits per heavy atom. The van der Waals surface area contributed by atoms with Crippen molar-refractivity contribution in [2.75, 3.05) is 12.0 Å². The lowest BCUT2D eigenvalue weighted by Crippen LogP contribution is -2.32. The number of hydrogen-bond donors (Lipinski definition) is 1. The number of carboxylic acids is 1. The Morgan fingerprint density at radius 3 is 2.62 bits per heavy atom. The summed E-state index contributed by atoms with van der Waals surface area (Å²) in [7, 11) is 2.98. The summed E-state index contributed by atoms with van der Waals surface area (Å²) in [6.07, 6.45) is 2.67. The molecular formula is C21H20ClN5O5. The van der Waals surface area contributed by atoms with Crippen LogP contribution in [0.15, 0.2) is 29.3 Å². The third kappa shape index (κ3) is 3.32. The molecule has 0 fully saturated rings. The Kier molecular flexibility index (Phi) is 5.25. The molecule has 0 unspecified atom stereocenters. The van der Waals surface area contributed by atoms with Crippen LogP contribution in [0.2, 0.25) is 5.02 Å². The van der Waals surface area contributed by atoms with Gasteiger partial charge in [0.05, 0.1) is 35.5 Å². The number of nitrogens with zero attached hydrogens (tertiary/aromatic N) is 5. The van der Waals surface area contributed by atoms with Gasteiger partial charge in [0.1, 0.15) is 11.5 Å². The third-order valence-corrected chi connectivity index (χ3v) is 5.44. The van der Waals surface area contributed by atoms with Gasteiger partial charge < -0.3 is 19.0 Å². The first-order valence-electron chi connectivity index (χ1n) is 9.70. The molecule has 0 spiro atoms. The highest BCUT2D eigenvalue weighted by molar-refractivity contribution is 6.30. The Morgan fingerprint density at radius 2 is 2.00 bits per heavy atom. The second kappa shape index (κ2) is 7.79. The number of hydrogen-bond acceptors (Lipinski definition) is 6. The summed E-state index contributed by atoms with van der Waals surface area (Å²) in [6, 6.07) is 2.74. The first-order chi connectivity index (χ1) is 15.1. The number of carbonyl (C=O) groups is 2. The largest absolute Gasteiger partial charge is 0.480 e. The molecule has 0 radical (unpaired) electrons. The molecule has 1 aliphatic heterocycles. The minimum atomic E-state index is -1.14. The van der Waals surface area contributed by atoms with E-state index in [1.54, 1.807) is 7.05 Å². The highest BCUT2D eigenvalue weighted by Gasteiger charge is 2.38. The molecule has 32 heavy (non-hydrogen) atoms. The minimum absolute atomic E-state index is 0.0327. The van der Waals surface area contributed by atoms with Gasteiger partial charge >= 0.3 is 5.97 Å². The average molecular weight is 458 g/mol. The molecule has 0 atom stereocenters. The summed E-state index contributed by atoms with van der Waals surface area (Å²) < 4.78 is 8.46. The number of methoxy groups -OCH3 is 1. The third-order valence-electron chi connectivity index (χ3n) is 5.24. The molecule has 0 saturated carbocycles. The van der Waals surface area contributed by atoms with Crippen molar-refractivity contribution in [1.82, 2.24) is 19.1 Å². The van der Waals surface area contributed by atoms with Crippen LogP contribution in [0.1, 0.15) is 46.4 Å². The fourth-order valence-corrected chi connectivity index (χ4v) is 4.07. The van der Waals surface area contributed by atoms with Gasteiger partial charge in [-0.2, -0.15) is 0 Å². The van der Waals surface area contributed by atoms with E-state index in [9.17, 15) is 19.5 Å². The number of fused-ring (bicyclic) bond motifs is 1. The lowest BCUT2D eigenvalue weighted by atomic mass is 10.1. The van der Waals surface area contributed by atoms with Crippen molar-refractivity contribution in [2.24, 2.45) is 7.05 Å². The van der Waals surface area contributed by atoms with Gasteiger partial charge in [0.2, 0.25) is 5.88 Å². The van der Waals surface area contributed by atoms with Crippen molar-refractivity contribution in [2.45, 2.75) is 26.4 Å². The van der Waals surface area contributed by atoms with Crippen LogP contribution in [-0.4, -0.2) is 43.2 Å². The Labute approximate surface area is 187 Å². The molecule has 4 rings (SSSR count). The molecule has 4 heterocycles. The van der Waals surface area contributed by atoms with Crippen LogP contribution < -0.4 is 15.2 Å². The standard InChI is InChI=1S/C21H20ClN5O5/c1-10(2)27-15-9-26(14-6-12(22)8-25(3)19(14)28)20(29)16(15)24-17(27)13-5-11(21(30)31)7-23-18(13)32-4/h5-8,10H,9H2,1-4H3,(H,30,31). The van der Waals surface area contributed by atoms with E-state index < -0.39 is 11.9 Å². The van der Waals surface area contributed by atoms with Crippen molar-refractivity contribution in [1.29, 1.82) is 0 Å². The molecule has 11 heteroatoms. The molecule has 1 amide bonds. The zero-order valence-corrected chi connectivity index (χ0v) is 18.5. The van der Waals surface area contributed by atoms with Gasteiger partial charge in [0, 0.05) is 25.5 Å². The van der Waals surface area contributed by atoms with Gasteiger partial charge in [0.15, 0.2) is 5.69 Å². The molecule has 0 bridgehead atoms. The monoisotopic (exact) mass is 457 g/mol. The lowest BCUT2D eigenvalue weighted by molar-refractivity contribution is 0.0696. The van der Waals surface area contributed by atoms with E-state index in [0.717, 1.165) is 0 Å². The van der Waals surface area contributed by atoms with Crippen LogP contribution in [0.3, 0.4) is 0 Å². The number of ether oxygens (including phenoxy) is 1. The number of carboxylic acid groups (broad SMARTS) is 1. The molecule has 166 valence electrons. The number of amides is 1. The van der Waals surface area contributed by atoms with Gasteiger partial charge in [-0.15, -0.1) is 0 Å². The fraction of sp³-hybridized carbons (Fsp3) is 0.286. The number of halogens is 1. The van der Waals surface area contributed by atoms with E-state index in [1.165, 1.54) is 41.1 Å². The van der Waals surface area contributed by atoms with E-state index in [4.69, 9.17) is 16.3 Å². The van der Waals surface area contributed by atoms with E-state index in [2.05, 4.69) is 9.97 Å². The highest BCUT2D eigenvalue weighted by atomic mass is 35.5. The summed E-state index contributed by atoms with van der Waals surface area (Å²) in [5, 5.41) is 9.70. The number of anilines is 1. The molecule has 0 aromatic carbocycles. The van der Waals surface area contributed by atoms with Gasteiger partial charge in [-0.05, 0) is 26.0 Å². The Hall–Kier alpha value is -3.66. The van der Waals surface area contributed by atoms with E-state index in [-0.39, 0.29) is 41.0 Å². The lowest BCUT2D eigenvalue weighted by Gasteiger charge is -2.20. The smallest absolute Gasteiger partial charge is 0.337 e. The highest BCUT2D eigenvalue weighted by Crippen LogP contribution is 2.36. The van der Waals surface area contributed by atoms with Gasteiger partial charge in [-0.1, -0.05) is 11.6 Å². The van der Waals surface area contributed by atoms with Gasteiger partial charge in [0.25, 0.3) is 11.5 Å². The molecule has 3 aromatic heterocycles. The molecular weight excluding hydrogens is 438 g/mol. The van der Waals surface area contributed by atoms with Crippen LogP contribution in [0.4, 0.5) is 5.69 Å². The van der Waals surface area contributed by atoms with Gasteiger partial charge in [-0.25, -0.2) is 14.8 Å². The second-order valence-corrected chi connectivity index (χ2v) is 8.07. The van der Waals surface area contributed by atoms with Crippen LogP contribution in [-0.2, 0) is 13.6 Å². The topological polar surface area (TPSA) is 120 Å². The average Bonchev–Trinajstić information content (AvgIpc) is 3.26. The minimum Gasteiger partial charge on any atom is -0.480 e. The number of carbonyl (C=O) groups excluding carboxylic acids is 1. The summed E-state index contributed by atoms with van der Waals surface area (Å²) in [5.41, 5.74) is 0.905. The van der Waals surface area contributed by atoms with Crippen molar-refractivity contribution < 1.29 is 19.4 Å². The fourth-order valence-electron chi connectivity index (χ4n) is 3.82. The number of imidazole rings is 1. The SMILES string of the molecule is COc1ncc(C(=O)O)cc1-c1nc2c(n1C(C)C)CN(c1cc(Cl)cn(C)c1=O)C2=O. The first kappa shape index (κ1) is 21.6. The number of aromatic nitrogens is 4. The number of aromatic carboxylic acids is 1. The van der Waals surface area contributed by atoms with E-state index in [0.29, 0.717) is 22.1 Å². The van der Waals surface area contributed by atoms with Crippen molar-refractivity contribution in [3.8, 4) is 17.3 Å². The number of aryl methyl sites for hydroxylation is 1.